The minimum atomic E-state index is 0.721. The predicted molar refractivity (Wildman–Crippen MR) is 75.4 cm³/mol. The Morgan fingerprint density at radius 2 is 2.05 bits per heavy atom. The van der Waals surface area contributed by atoms with E-state index in [9.17, 15) is 0 Å². The third kappa shape index (κ3) is 3.19. The Hall–Kier alpha value is -2.17. The molecule has 0 atom stereocenters. The monoisotopic (exact) mass is 258 g/mol. The van der Waals surface area contributed by atoms with Crippen molar-refractivity contribution in [3.8, 4) is 17.0 Å². The van der Waals surface area contributed by atoms with Crippen LogP contribution in [0.2, 0.25) is 0 Å². The van der Waals surface area contributed by atoms with E-state index in [2.05, 4.69) is 27.2 Å². The largest absolute Gasteiger partial charge is 0.495 e. The Labute approximate surface area is 113 Å². The number of anilines is 1. The second-order valence-electron chi connectivity index (χ2n) is 4.17. The molecule has 2 heterocycles. The van der Waals surface area contributed by atoms with Gasteiger partial charge < -0.3 is 10.1 Å². The van der Waals surface area contributed by atoms with Gasteiger partial charge in [0.1, 0.15) is 17.4 Å². The van der Waals surface area contributed by atoms with Crippen molar-refractivity contribution in [1.29, 1.82) is 0 Å². The summed E-state index contributed by atoms with van der Waals surface area (Å²) in [6.45, 7) is 2.11. The van der Waals surface area contributed by atoms with E-state index in [1.165, 1.54) is 0 Å². The highest BCUT2D eigenvalue weighted by molar-refractivity contribution is 5.62. The predicted octanol–water partition coefficient (Wildman–Crippen LogP) is 2.54. The van der Waals surface area contributed by atoms with Crippen molar-refractivity contribution in [3.63, 3.8) is 0 Å². The molecule has 0 bridgehead atoms. The molecule has 0 amide bonds. The van der Waals surface area contributed by atoms with Gasteiger partial charge in [-0.05, 0) is 12.5 Å². The summed E-state index contributed by atoms with van der Waals surface area (Å²) < 4.78 is 5.19. The first-order valence-electron chi connectivity index (χ1n) is 6.32. The molecule has 19 heavy (non-hydrogen) atoms. The Kier molecular flexibility index (Phi) is 4.28. The second kappa shape index (κ2) is 6.13. The highest BCUT2D eigenvalue weighted by Gasteiger charge is 2.07. The normalized spacial score (nSPS) is 10.3. The van der Waals surface area contributed by atoms with Crippen molar-refractivity contribution in [2.45, 2.75) is 19.8 Å². The Bertz CT molecular complexity index is 557. The van der Waals surface area contributed by atoms with Crippen LogP contribution in [0.15, 0.2) is 24.5 Å². The van der Waals surface area contributed by atoms with E-state index in [1.807, 2.05) is 19.2 Å². The third-order valence-corrected chi connectivity index (χ3v) is 2.75. The molecule has 0 spiro atoms. The van der Waals surface area contributed by atoms with E-state index in [0.29, 0.717) is 0 Å². The number of nitrogens with one attached hydrogen (secondary N) is 1. The van der Waals surface area contributed by atoms with Gasteiger partial charge >= 0.3 is 0 Å². The second-order valence-corrected chi connectivity index (χ2v) is 4.17. The van der Waals surface area contributed by atoms with Crippen LogP contribution in [0, 0.1) is 0 Å². The first-order valence-corrected chi connectivity index (χ1v) is 6.32. The molecule has 0 aromatic carbocycles. The van der Waals surface area contributed by atoms with E-state index in [1.54, 1.807) is 19.5 Å². The van der Waals surface area contributed by atoms with E-state index < -0.39 is 0 Å². The van der Waals surface area contributed by atoms with Gasteiger partial charge in [-0.3, -0.25) is 4.98 Å². The van der Waals surface area contributed by atoms with Gasteiger partial charge in [-0.1, -0.05) is 6.92 Å². The highest BCUT2D eigenvalue weighted by Crippen LogP contribution is 2.22. The quantitative estimate of drug-likeness (QED) is 0.893. The standard InChI is InChI=1S/C14H18N4O/c1-4-5-13-17-12(7-14(15-2)18-13)10-6-11(19-3)9-16-8-10/h6-9H,4-5H2,1-3H3,(H,15,17,18). The van der Waals surface area contributed by atoms with Crippen LogP contribution in [-0.4, -0.2) is 29.1 Å². The molecule has 0 unspecified atom stereocenters. The zero-order chi connectivity index (χ0) is 13.7. The van der Waals surface area contributed by atoms with E-state index >= 15 is 0 Å². The van der Waals surface area contributed by atoms with Gasteiger partial charge in [-0.25, -0.2) is 9.97 Å². The van der Waals surface area contributed by atoms with Crippen LogP contribution >= 0.6 is 0 Å². The van der Waals surface area contributed by atoms with Crippen LogP contribution in [0.3, 0.4) is 0 Å². The summed E-state index contributed by atoms with van der Waals surface area (Å²) in [6.07, 6.45) is 5.33. The van der Waals surface area contributed by atoms with Crippen LogP contribution in [0.1, 0.15) is 19.2 Å². The van der Waals surface area contributed by atoms with E-state index in [-0.39, 0.29) is 0 Å². The molecule has 0 saturated heterocycles. The molecule has 0 aliphatic heterocycles. The van der Waals surface area contributed by atoms with E-state index in [4.69, 9.17) is 4.74 Å². The molecule has 1 N–H and O–H groups in total. The molecule has 2 rings (SSSR count). The summed E-state index contributed by atoms with van der Waals surface area (Å²) in [5.41, 5.74) is 1.78. The molecule has 0 saturated carbocycles. The maximum Gasteiger partial charge on any atom is 0.137 e. The summed E-state index contributed by atoms with van der Waals surface area (Å²) in [6, 6.07) is 3.83. The lowest BCUT2D eigenvalue weighted by molar-refractivity contribution is 0.413. The number of aromatic nitrogens is 3. The number of ether oxygens (including phenoxy) is 1. The Morgan fingerprint density at radius 3 is 2.74 bits per heavy atom. The average molecular weight is 258 g/mol. The zero-order valence-electron chi connectivity index (χ0n) is 11.5. The first-order chi connectivity index (χ1) is 9.26. The maximum atomic E-state index is 5.19. The SMILES string of the molecule is CCCc1nc(NC)cc(-c2cncc(OC)c2)n1. The Balaban J connectivity index is 2.44. The molecule has 0 fully saturated rings. The lowest BCUT2D eigenvalue weighted by Gasteiger charge is -2.08. The number of rotatable bonds is 5. The molecular formula is C14H18N4O. The van der Waals surface area contributed by atoms with Crippen LogP contribution < -0.4 is 10.1 Å². The molecule has 0 aliphatic carbocycles. The smallest absolute Gasteiger partial charge is 0.137 e. The number of nitrogens with zero attached hydrogens (tertiary/aromatic N) is 3. The summed E-state index contributed by atoms with van der Waals surface area (Å²) in [7, 11) is 3.48. The van der Waals surface area contributed by atoms with Crippen molar-refractivity contribution in [2.24, 2.45) is 0 Å². The Morgan fingerprint density at radius 1 is 1.21 bits per heavy atom. The van der Waals surface area contributed by atoms with Crippen molar-refractivity contribution >= 4 is 5.82 Å². The fourth-order valence-electron chi connectivity index (χ4n) is 1.78. The van der Waals surface area contributed by atoms with Gasteiger partial charge in [0.05, 0.1) is 19.0 Å². The third-order valence-electron chi connectivity index (χ3n) is 2.75. The molecule has 100 valence electrons. The average Bonchev–Trinajstić information content (AvgIpc) is 2.47. The fourth-order valence-corrected chi connectivity index (χ4v) is 1.78. The van der Waals surface area contributed by atoms with Crippen molar-refractivity contribution in [3.05, 3.63) is 30.4 Å². The van der Waals surface area contributed by atoms with Crippen LogP contribution in [-0.2, 0) is 6.42 Å². The van der Waals surface area contributed by atoms with Gasteiger partial charge in [0.25, 0.3) is 0 Å². The van der Waals surface area contributed by atoms with Gasteiger partial charge in [-0.15, -0.1) is 0 Å². The minimum Gasteiger partial charge on any atom is -0.495 e. The van der Waals surface area contributed by atoms with Gasteiger partial charge in [0.2, 0.25) is 0 Å². The topological polar surface area (TPSA) is 59.9 Å². The molecule has 0 radical (unpaired) electrons. The number of pyridine rings is 1. The summed E-state index contributed by atoms with van der Waals surface area (Å²) in [4.78, 5) is 13.2. The molecule has 2 aromatic heterocycles. The van der Waals surface area contributed by atoms with Crippen LogP contribution in [0.25, 0.3) is 11.3 Å². The van der Waals surface area contributed by atoms with Gasteiger partial charge in [0.15, 0.2) is 0 Å². The van der Waals surface area contributed by atoms with Crippen molar-refractivity contribution in [2.75, 3.05) is 19.5 Å². The lowest BCUT2D eigenvalue weighted by atomic mass is 10.2. The number of hydrogen-bond donors (Lipinski definition) is 1. The van der Waals surface area contributed by atoms with Crippen molar-refractivity contribution in [1.82, 2.24) is 15.0 Å². The lowest BCUT2D eigenvalue weighted by Crippen LogP contribution is -2.01. The molecule has 0 aliphatic rings. The van der Waals surface area contributed by atoms with Crippen LogP contribution in [0.5, 0.6) is 5.75 Å². The highest BCUT2D eigenvalue weighted by atomic mass is 16.5. The number of aryl methyl sites for hydroxylation is 1. The molecule has 2 aromatic rings. The maximum absolute atomic E-state index is 5.19. The zero-order valence-corrected chi connectivity index (χ0v) is 11.5. The fraction of sp³-hybridized carbons (Fsp3) is 0.357. The van der Waals surface area contributed by atoms with Gasteiger partial charge in [0, 0.05) is 31.3 Å². The summed E-state index contributed by atoms with van der Waals surface area (Å²) in [5.74, 6) is 2.38. The number of hydrogen-bond acceptors (Lipinski definition) is 5. The first kappa shape index (κ1) is 13.3. The minimum absolute atomic E-state index is 0.721. The molecular weight excluding hydrogens is 240 g/mol. The summed E-state index contributed by atoms with van der Waals surface area (Å²) >= 11 is 0. The van der Waals surface area contributed by atoms with Crippen molar-refractivity contribution < 1.29 is 4.74 Å². The molecule has 5 heteroatoms. The molecule has 5 nitrogen and oxygen atoms in total. The van der Waals surface area contributed by atoms with Gasteiger partial charge in [-0.2, -0.15) is 0 Å². The number of methoxy groups -OCH3 is 1. The van der Waals surface area contributed by atoms with Crippen LogP contribution in [0.4, 0.5) is 5.82 Å². The van der Waals surface area contributed by atoms with E-state index in [0.717, 1.165) is 41.5 Å². The summed E-state index contributed by atoms with van der Waals surface area (Å²) in [5, 5.41) is 3.06.